The van der Waals surface area contributed by atoms with Crippen molar-refractivity contribution in [3.63, 3.8) is 0 Å². The van der Waals surface area contributed by atoms with E-state index in [9.17, 15) is 0 Å². The Balaban J connectivity index is 1.64. The number of hydrogen-bond acceptors (Lipinski definition) is 5. The summed E-state index contributed by atoms with van der Waals surface area (Å²) < 4.78 is 2.78. The van der Waals surface area contributed by atoms with E-state index in [1.807, 2.05) is 17.8 Å². The van der Waals surface area contributed by atoms with Crippen LogP contribution in [0.1, 0.15) is 30.0 Å². The summed E-state index contributed by atoms with van der Waals surface area (Å²) in [6, 6.07) is 4.10. The Morgan fingerprint density at radius 1 is 1.25 bits per heavy atom. The normalized spacial score (nSPS) is 18.3. The molecule has 0 N–H and O–H groups in total. The molecule has 2 radical (unpaired) electrons. The minimum atomic E-state index is 0.460. The third-order valence-electron chi connectivity index (χ3n) is 4.63. The second-order valence-electron chi connectivity index (χ2n) is 6.39. The van der Waals surface area contributed by atoms with Crippen LogP contribution < -0.4 is 9.38 Å². The third-order valence-corrected chi connectivity index (χ3v) is 5.32. The van der Waals surface area contributed by atoms with Crippen LogP contribution in [0.4, 0.5) is 5.82 Å². The van der Waals surface area contributed by atoms with Gasteiger partial charge in [0.1, 0.15) is 0 Å². The van der Waals surface area contributed by atoms with E-state index in [4.69, 9.17) is 4.98 Å². The molecule has 122 valence electrons. The van der Waals surface area contributed by atoms with Crippen LogP contribution in [0.3, 0.4) is 0 Å². The molecule has 1 aliphatic rings. The average Bonchev–Trinajstić information content (AvgIpc) is 2.93. The second-order valence-corrected chi connectivity index (χ2v) is 7.28. The van der Waals surface area contributed by atoms with Gasteiger partial charge >= 0.3 is 150 Å². The van der Waals surface area contributed by atoms with Crippen molar-refractivity contribution < 1.29 is 0 Å². The summed E-state index contributed by atoms with van der Waals surface area (Å²) in [5.74, 6) is 1.46. The van der Waals surface area contributed by atoms with Crippen molar-refractivity contribution in [1.82, 2.24) is 24.7 Å². The Kier molecular flexibility index (Phi) is 4.00. The number of pyridine rings is 1. The topological polar surface area (TPSA) is 59.7 Å². The first-order valence-electron chi connectivity index (χ1n) is 8.17. The molecular weight excluding hydrogens is 363 g/mol. The fourth-order valence-electron chi connectivity index (χ4n) is 3.53. The van der Waals surface area contributed by atoms with Crippen LogP contribution in [0, 0.1) is 6.92 Å². The predicted molar refractivity (Wildman–Crippen MR) is 94.9 cm³/mol. The van der Waals surface area contributed by atoms with Gasteiger partial charge in [-0.25, -0.2) is 0 Å². The van der Waals surface area contributed by atoms with Gasteiger partial charge in [0.05, 0.1) is 0 Å². The number of fused-ring (bicyclic) bond motifs is 1. The molecule has 0 spiro atoms. The molecule has 3 aromatic heterocycles. The van der Waals surface area contributed by atoms with E-state index >= 15 is 0 Å². The Labute approximate surface area is 149 Å². The van der Waals surface area contributed by atoms with Crippen molar-refractivity contribution in [3.05, 3.63) is 35.9 Å². The first-order chi connectivity index (χ1) is 11.6. The SMILES string of the molecule is Cc1cn(C)nc1C1CCCN(c2ccc3ncnc([As])c3n2)C1. The molecule has 1 saturated heterocycles. The molecule has 4 rings (SSSR count). The second kappa shape index (κ2) is 6.17. The third kappa shape index (κ3) is 2.79. The standard InChI is InChI=1S/C17H19AsN6/c1-11-8-23(2)22-15(11)12-4-3-7-24(9-12)14-6-5-13-16(21-14)17(18)20-10-19-13/h5-6,8,10,12H,3-4,7,9H2,1-2H3. The van der Waals surface area contributed by atoms with Crippen LogP contribution in [0.15, 0.2) is 24.7 Å². The number of aryl methyl sites for hydroxylation is 2. The van der Waals surface area contributed by atoms with Crippen molar-refractivity contribution in [2.24, 2.45) is 7.05 Å². The number of anilines is 1. The van der Waals surface area contributed by atoms with Gasteiger partial charge in [0.25, 0.3) is 0 Å². The summed E-state index contributed by atoms with van der Waals surface area (Å²) >= 11 is 2.48. The number of rotatable bonds is 2. The summed E-state index contributed by atoms with van der Waals surface area (Å²) in [4.78, 5) is 15.7. The van der Waals surface area contributed by atoms with Crippen molar-refractivity contribution in [2.45, 2.75) is 25.7 Å². The molecule has 1 atom stereocenters. The summed E-state index contributed by atoms with van der Waals surface area (Å²) in [5.41, 5.74) is 4.25. The maximum atomic E-state index is 4.81. The van der Waals surface area contributed by atoms with Gasteiger partial charge in [-0.05, 0) is 0 Å². The molecule has 0 aromatic carbocycles. The summed E-state index contributed by atoms with van der Waals surface area (Å²) in [6.07, 6.45) is 6.01. The van der Waals surface area contributed by atoms with Crippen LogP contribution >= 0.6 is 0 Å². The molecule has 1 fully saturated rings. The average molecular weight is 382 g/mol. The Morgan fingerprint density at radius 3 is 2.92 bits per heavy atom. The van der Waals surface area contributed by atoms with E-state index < -0.39 is 0 Å². The van der Waals surface area contributed by atoms with Gasteiger partial charge in [0.15, 0.2) is 0 Å². The first-order valence-corrected chi connectivity index (χ1v) is 9.11. The Hall–Kier alpha value is -1.94. The Bertz CT molecular complexity index is 890. The van der Waals surface area contributed by atoms with Crippen LogP contribution in [0.5, 0.6) is 0 Å². The molecular formula is C17H19AsN6. The van der Waals surface area contributed by atoms with Gasteiger partial charge in [0.2, 0.25) is 0 Å². The van der Waals surface area contributed by atoms with Crippen molar-refractivity contribution in [1.29, 1.82) is 0 Å². The molecule has 6 nitrogen and oxygen atoms in total. The molecule has 0 amide bonds. The van der Waals surface area contributed by atoms with Crippen molar-refractivity contribution >= 4 is 38.2 Å². The fourth-order valence-corrected chi connectivity index (χ4v) is 3.98. The number of hydrogen-bond donors (Lipinski definition) is 0. The summed E-state index contributed by atoms with van der Waals surface area (Å²) in [5, 5.41) is 4.67. The first kappa shape index (κ1) is 15.6. The minimum absolute atomic E-state index is 0.460. The van der Waals surface area contributed by atoms with Crippen LogP contribution in [0.25, 0.3) is 11.0 Å². The quantitative estimate of drug-likeness (QED) is 0.625. The number of aromatic nitrogens is 5. The predicted octanol–water partition coefficient (Wildman–Crippen LogP) is 1.24. The zero-order valence-electron chi connectivity index (χ0n) is 13.8. The molecule has 24 heavy (non-hydrogen) atoms. The van der Waals surface area contributed by atoms with E-state index in [1.54, 1.807) is 6.33 Å². The van der Waals surface area contributed by atoms with Gasteiger partial charge in [0, 0.05) is 0 Å². The van der Waals surface area contributed by atoms with Gasteiger partial charge in [-0.2, -0.15) is 0 Å². The van der Waals surface area contributed by atoms with Crippen LogP contribution in [0.2, 0.25) is 0 Å². The van der Waals surface area contributed by atoms with E-state index in [-0.39, 0.29) is 0 Å². The van der Waals surface area contributed by atoms with E-state index in [0.29, 0.717) is 5.92 Å². The van der Waals surface area contributed by atoms with Gasteiger partial charge in [-0.1, -0.05) is 0 Å². The molecule has 0 saturated carbocycles. The molecule has 3 aromatic rings. The Morgan fingerprint density at radius 2 is 2.12 bits per heavy atom. The van der Waals surface area contributed by atoms with Gasteiger partial charge in [-0.3, -0.25) is 0 Å². The van der Waals surface area contributed by atoms with E-state index in [2.05, 4.69) is 56.0 Å². The molecule has 0 bridgehead atoms. The van der Waals surface area contributed by atoms with Gasteiger partial charge in [-0.15, -0.1) is 0 Å². The number of piperidine rings is 1. The van der Waals surface area contributed by atoms with Crippen LogP contribution in [-0.2, 0) is 7.05 Å². The summed E-state index contributed by atoms with van der Waals surface area (Å²) in [6.45, 7) is 4.13. The number of nitrogens with zero attached hydrogens (tertiary/aromatic N) is 6. The maximum absolute atomic E-state index is 4.81. The van der Waals surface area contributed by atoms with Crippen LogP contribution in [-0.4, -0.2) is 54.7 Å². The summed E-state index contributed by atoms with van der Waals surface area (Å²) in [7, 11) is 1.99. The fraction of sp³-hybridized carbons (Fsp3) is 0.412. The molecule has 4 heterocycles. The molecule has 1 aliphatic heterocycles. The van der Waals surface area contributed by atoms with Crippen molar-refractivity contribution in [2.75, 3.05) is 18.0 Å². The molecule has 0 aliphatic carbocycles. The monoisotopic (exact) mass is 382 g/mol. The molecule has 7 heteroatoms. The van der Waals surface area contributed by atoms with E-state index in [1.165, 1.54) is 17.7 Å². The van der Waals surface area contributed by atoms with Gasteiger partial charge < -0.3 is 0 Å². The zero-order chi connectivity index (χ0) is 16.7. The van der Waals surface area contributed by atoms with E-state index in [0.717, 1.165) is 40.8 Å². The van der Waals surface area contributed by atoms with Crippen molar-refractivity contribution in [3.8, 4) is 0 Å². The molecule has 1 unspecified atom stereocenters. The zero-order valence-corrected chi connectivity index (χ0v) is 15.7.